The van der Waals surface area contributed by atoms with Crippen molar-refractivity contribution < 1.29 is 4.74 Å². The highest BCUT2D eigenvalue weighted by Crippen LogP contribution is 2.21. The van der Waals surface area contributed by atoms with Gasteiger partial charge in [0, 0.05) is 11.5 Å². The van der Waals surface area contributed by atoms with Crippen LogP contribution < -0.4 is 4.74 Å². The van der Waals surface area contributed by atoms with E-state index in [4.69, 9.17) is 4.74 Å². The first-order valence-electron chi connectivity index (χ1n) is 5.20. The monoisotopic (exact) mass is 201 g/mol. The van der Waals surface area contributed by atoms with Gasteiger partial charge >= 0.3 is 0 Å². The highest BCUT2D eigenvalue weighted by Gasteiger charge is 2.04. The van der Waals surface area contributed by atoms with Crippen LogP contribution >= 0.6 is 0 Å². The summed E-state index contributed by atoms with van der Waals surface area (Å²) in [6, 6.07) is 10.1. The Morgan fingerprint density at radius 1 is 1.20 bits per heavy atom. The average Bonchev–Trinajstić information content (AvgIpc) is 2.16. The molecule has 0 aliphatic carbocycles. The topological polar surface area (TPSA) is 22.1 Å². The minimum absolute atomic E-state index is 0.165. The number of benzene rings is 1. The number of pyridine rings is 1. The van der Waals surface area contributed by atoms with Gasteiger partial charge in [0.15, 0.2) is 0 Å². The number of nitrogens with zero attached hydrogens (tertiary/aromatic N) is 1. The van der Waals surface area contributed by atoms with Gasteiger partial charge in [0.25, 0.3) is 0 Å². The van der Waals surface area contributed by atoms with Crippen molar-refractivity contribution in [3.63, 3.8) is 0 Å². The predicted octanol–water partition coefficient (Wildman–Crippen LogP) is 3.33. The summed E-state index contributed by atoms with van der Waals surface area (Å²) in [4.78, 5) is 4.45. The molecule has 0 aliphatic rings. The number of para-hydroxylation sites is 1. The molecule has 78 valence electrons. The molecule has 2 aromatic rings. The number of aromatic nitrogens is 1. The van der Waals surface area contributed by atoms with Crippen molar-refractivity contribution in [1.82, 2.24) is 4.98 Å². The van der Waals surface area contributed by atoms with Gasteiger partial charge in [-0.2, -0.15) is 0 Å². The lowest BCUT2D eigenvalue weighted by molar-refractivity contribution is 0.233. The first kappa shape index (κ1) is 9.97. The molecule has 1 aromatic carbocycles. The van der Waals surface area contributed by atoms with E-state index in [1.54, 1.807) is 0 Å². The minimum atomic E-state index is 0.165. The minimum Gasteiger partial charge on any atom is -0.475 e. The van der Waals surface area contributed by atoms with E-state index in [1.165, 1.54) is 10.9 Å². The van der Waals surface area contributed by atoms with Crippen LogP contribution in [0.1, 0.15) is 19.4 Å². The Balaban J connectivity index is 2.52. The van der Waals surface area contributed by atoms with E-state index in [0.29, 0.717) is 5.88 Å². The summed E-state index contributed by atoms with van der Waals surface area (Å²) in [6.07, 6.45) is 0.165. The maximum Gasteiger partial charge on any atom is 0.214 e. The molecule has 2 heteroatoms. The molecule has 0 atom stereocenters. The molecule has 0 saturated heterocycles. The highest BCUT2D eigenvalue weighted by atomic mass is 16.5. The van der Waals surface area contributed by atoms with Crippen molar-refractivity contribution in [1.29, 1.82) is 0 Å². The lowest BCUT2D eigenvalue weighted by atomic mass is 10.1. The summed E-state index contributed by atoms with van der Waals surface area (Å²) < 4.78 is 5.59. The molecular weight excluding hydrogens is 186 g/mol. The Labute approximate surface area is 89.9 Å². The van der Waals surface area contributed by atoms with Crippen LogP contribution in [0, 0.1) is 6.92 Å². The Bertz CT molecular complexity index is 477. The molecule has 15 heavy (non-hydrogen) atoms. The van der Waals surface area contributed by atoms with Gasteiger partial charge in [-0.15, -0.1) is 0 Å². The quantitative estimate of drug-likeness (QED) is 0.743. The fourth-order valence-electron chi connectivity index (χ4n) is 1.62. The van der Waals surface area contributed by atoms with Crippen LogP contribution in [0.5, 0.6) is 5.88 Å². The second-order valence-corrected chi connectivity index (χ2v) is 3.96. The Morgan fingerprint density at radius 2 is 1.93 bits per heavy atom. The van der Waals surface area contributed by atoms with Gasteiger partial charge in [-0.05, 0) is 32.4 Å². The van der Waals surface area contributed by atoms with Gasteiger partial charge in [0.2, 0.25) is 5.88 Å². The van der Waals surface area contributed by atoms with Gasteiger partial charge < -0.3 is 4.74 Å². The fourth-order valence-corrected chi connectivity index (χ4v) is 1.62. The van der Waals surface area contributed by atoms with Crippen molar-refractivity contribution in [2.24, 2.45) is 0 Å². The summed E-state index contributed by atoms with van der Waals surface area (Å²) in [5.74, 6) is 0.709. The lowest BCUT2D eigenvalue weighted by Gasteiger charge is -2.10. The number of aryl methyl sites for hydroxylation is 1. The number of ether oxygens (including phenoxy) is 1. The standard InChI is InChI=1S/C13H15NO/c1-9(2)15-13-8-10(3)11-6-4-5-7-12(11)14-13/h4-9H,1-3H3. The predicted molar refractivity (Wildman–Crippen MR) is 62.2 cm³/mol. The molecule has 0 fully saturated rings. The maximum absolute atomic E-state index is 5.59. The van der Waals surface area contributed by atoms with Crippen molar-refractivity contribution in [2.45, 2.75) is 26.9 Å². The van der Waals surface area contributed by atoms with Crippen molar-refractivity contribution in [2.75, 3.05) is 0 Å². The number of rotatable bonds is 2. The Hall–Kier alpha value is -1.57. The third kappa shape index (κ3) is 2.09. The van der Waals surface area contributed by atoms with Crippen molar-refractivity contribution >= 4 is 10.9 Å². The zero-order valence-corrected chi connectivity index (χ0v) is 9.32. The Morgan fingerprint density at radius 3 is 2.67 bits per heavy atom. The van der Waals surface area contributed by atoms with Crippen LogP contribution in [-0.4, -0.2) is 11.1 Å². The third-order valence-corrected chi connectivity index (χ3v) is 2.26. The number of fused-ring (bicyclic) bond motifs is 1. The van der Waals surface area contributed by atoms with Gasteiger partial charge in [-0.25, -0.2) is 4.98 Å². The summed E-state index contributed by atoms with van der Waals surface area (Å²) in [6.45, 7) is 6.09. The highest BCUT2D eigenvalue weighted by molar-refractivity contribution is 5.82. The molecule has 2 nitrogen and oxygen atoms in total. The zero-order chi connectivity index (χ0) is 10.8. The van der Waals surface area contributed by atoms with E-state index in [-0.39, 0.29) is 6.10 Å². The molecule has 0 saturated carbocycles. The number of hydrogen-bond acceptors (Lipinski definition) is 2. The molecule has 0 unspecified atom stereocenters. The summed E-state index contributed by atoms with van der Waals surface area (Å²) >= 11 is 0. The Kier molecular flexibility index (Phi) is 2.58. The van der Waals surface area contributed by atoms with Crippen LogP contribution in [0.3, 0.4) is 0 Å². The van der Waals surface area contributed by atoms with E-state index in [1.807, 2.05) is 38.1 Å². The molecule has 1 aromatic heterocycles. The molecule has 0 spiro atoms. The van der Waals surface area contributed by atoms with Crippen LogP contribution in [0.25, 0.3) is 10.9 Å². The van der Waals surface area contributed by atoms with Crippen molar-refractivity contribution in [3.8, 4) is 5.88 Å². The average molecular weight is 201 g/mol. The molecule has 0 aliphatic heterocycles. The van der Waals surface area contributed by atoms with E-state index in [2.05, 4.69) is 18.0 Å². The van der Waals surface area contributed by atoms with Gasteiger partial charge in [0.05, 0.1) is 11.6 Å². The second kappa shape index (κ2) is 3.89. The first-order valence-corrected chi connectivity index (χ1v) is 5.20. The van der Waals surface area contributed by atoms with Crippen LogP contribution in [0.2, 0.25) is 0 Å². The first-order chi connectivity index (χ1) is 7.16. The normalized spacial score (nSPS) is 10.9. The smallest absolute Gasteiger partial charge is 0.214 e. The fraction of sp³-hybridized carbons (Fsp3) is 0.308. The van der Waals surface area contributed by atoms with E-state index < -0.39 is 0 Å². The van der Waals surface area contributed by atoms with Gasteiger partial charge in [-0.1, -0.05) is 18.2 Å². The molecule has 0 radical (unpaired) electrons. The molecule has 0 amide bonds. The summed E-state index contributed by atoms with van der Waals surface area (Å²) in [7, 11) is 0. The van der Waals surface area contributed by atoms with Gasteiger partial charge in [-0.3, -0.25) is 0 Å². The number of hydrogen-bond donors (Lipinski definition) is 0. The SMILES string of the molecule is Cc1cc(OC(C)C)nc2ccccc12. The van der Waals surface area contributed by atoms with E-state index in [0.717, 1.165) is 5.52 Å². The lowest BCUT2D eigenvalue weighted by Crippen LogP contribution is -2.07. The van der Waals surface area contributed by atoms with Crippen LogP contribution in [0.4, 0.5) is 0 Å². The van der Waals surface area contributed by atoms with Crippen molar-refractivity contribution in [3.05, 3.63) is 35.9 Å². The summed E-state index contributed by atoms with van der Waals surface area (Å²) in [5.41, 5.74) is 2.20. The van der Waals surface area contributed by atoms with Crippen LogP contribution in [0.15, 0.2) is 30.3 Å². The molecule has 0 N–H and O–H groups in total. The molecular formula is C13H15NO. The second-order valence-electron chi connectivity index (χ2n) is 3.96. The van der Waals surface area contributed by atoms with Crippen LogP contribution in [-0.2, 0) is 0 Å². The van der Waals surface area contributed by atoms with E-state index in [9.17, 15) is 0 Å². The third-order valence-electron chi connectivity index (χ3n) is 2.26. The largest absolute Gasteiger partial charge is 0.475 e. The maximum atomic E-state index is 5.59. The molecule has 0 bridgehead atoms. The molecule has 2 rings (SSSR count). The van der Waals surface area contributed by atoms with E-state index >= 15 is 0 Å². The summed E-state index contributed by atoms with van der Waals surface area (Å²) in [5, 5.41) is 1.19. The van der Waals surface area contributed by atoms with Gasteiger partial charge in [0.1, 0.15) is 0 Å². The zero-order valence-electron chi connectivity index (χ0n) is 9.32. The molecule has 1 heterocycles.